The maximum atomic E-state index is 2.65. The molecule has 2 fully saturated rings. The van der Waals surface area contributed by atoms with Crippen molar-refractivity contribution in [1.29, 1.82) is 0 Å². The Hall–Kier alpha value is -0.260. The fourth-order valence-corrected chi connectivity index (χ4v) is 6.09. The van der Waals surface area contributed by atoms with Gasteiger partial charge < -0.3 is 0 Å². The standard InChI is InChI=1S/C20H34/c1-13(2)16-10-11-20(5)12-18-15(4)6-8-17(18)14(3)7-9-19(16)20/h7,13,15-19H,6,8-12H2,1-5H3/b14-7-/t15-,16-,17-,18?,19+,20-/m1/s1. The summed E-state index contributed by atoms with van der Waals surface area (Å²) >= 11 is 0. The van der Waals surface area contributed by atoms with Crippen molar-refractivity contribution >= 4 is 0 Å². The molecule has 6 atom stereocenters. The molecule has 3 rings (SSSR count). The van der Waals surface area contributed by atoms with Gasteiger partial charge in [0.1, 0.15) is 0 Å². The van der Waals surface area contributed by atoms with E-state index in [9.17, 15) is 0 Å². The highest BCUT2D eigenvalue weighted by atomic mass is 14.5. The van der Waals surface area contributed by atoms with Crippen LogP contribution in [0.1, 0.15) is 73.1 Å². The van der Waals surface area contributed by atoms with Gasteiger partial charge in [-0.2, -0.15) is 0 Å². The van der Waals surface area contributed by atoms with E-state index in [1.807, 2.05) is 0 Å². The van der Waals surface area contributed by atoms with Gasteiger partial charge in [0, 0.05) is 0 Å². The minimum atomic E-state index is 0.633. The molecule has 0 N–H and O–H groups in total. The highest BCUT2D eigenvalue weighted by Crippen LogP contribution is 2.59. The molecular formula is C20H34. The largest absolute Gasteiger partial charge is 0.0850 e. The van der Waals surface area contributed by atoms with Crippen LogP contribution in [-0.2, 0) is 0 Å². The molecule has 0 nitrogen and oxygen atoms in total. The van der Waals surface area contributed by atoms with E-state index in [4.69, 9.17) is 0 Å². The van der Waals surface area contributed by atoms with Crippen LogP contribution >= 0.6 is 0 Å². The molecule has 114 valence electrons. The van der Waals surface area contributed by atoms with Crippen molar-refractivity contribution in [2.75, 3.05) is 0 Å². The molecule has 3 aliphatic carbocycles. The van der Waals surface area contributed by atoms with Gasteiger partial charge in [0.2, 0.25) is 0 Å². The summed E-state index contributed by atoms with van der Waals surface area (Å²) in [6, 6.07) is 0. The molecule has 20 heavy (non-hydrogen) atoms. The number of hydrogen-bond donors (Lipinski definition) is 0. The third-order valence-electron chi connectivity index (χ3n) is 7.48. The average Bonchev–Trinajstić information content (AvgIpc) is 2.88. The predicted molar refractivity (Wildman–Crippen MR) is 87.5 cm³/mol. The molecule has 0 aromatic carbocycles. The van der Waals surface area contributed by atoms with Crippen LogP contribution in [0.15, 0.2) is 11.6 Å². The first-order chi connectivity index (χ1) is 9.42. The number of hydrogen-bond acceptors (Lipinski definition) is 0. The molecule has 0 heteroatoms. The average molecular weight is 274 g/mol. The minimum absolute atomic E-state index is 0.633. The van der Waals surface area contributed by atoms with E-state index in [1.54, 1.807) is 5.57 Å². The van der Waals surface area contributed by atoms with Crippen molar-refractivity contribution in [3.63, 3.8) is 0 Å². The van der Waals surface area contributed by atoms with E-state index >= 15 is 0 Å². The monoisotopic (exact) mass is 274 g/mol. The van der Waals surface area contributed by atoms with Crippen molar-refractivity contribution in [3.8, 4) is 0 Å². The summed E-state index contributed by atoms with van der Waals surface area (Å²) in [5.41, 5.74) is 2.36. The van der Waals surface area contributed by atoms with Crippen LogP contribution in [0.25, 0.3) is 0 Å². The second kappa shape index (κ2) is 5.18. The lowest BCUT2D eigenvalue weighted by Crippen LogP contribution is -2.33. The Morgan fingerprint density at radius 2 is 1.95 bits per heavy atom. The van der Waals surface area contributed by atoms with E-state index in [0.29, 0.717) is 5.41 Å². The van der Waals surface area contributed by atoms with Crippen molar-refractivity contribution in [2.45, 2.75) is 73.1 Å². The summed E-state index contributed by atoms with van der Waals surface area (Å²) in [6.07, 6.45) is 11.4. The molecule has 0 heterocycles. The predicted octanol–water partition coefficient (Wildman–Crippen LogP) is 6.08. The summed E-state index contributed by atoms with van der Waals surface area (Å²) in [4.78, 5) is 0. The molecule has 3 aliphatic rings. The highest BCUT2D eigenvalue weighted by molar-refractivity contribution is 5.14. The molecule has 0 aromatic rings. The zero-order valence-electron chi connectivity index (χ0n) is 14.3. The van der Waals surface area contributed by atoms with Gasteiger partial charge in [0.15, 0.2) is 0 Å². The van der Waals surface area contributed by atoms with Crippen molar-refractivity contribution < 1.29 is 0 Å². The Labute approximate surface area is 126 Å². The van der Waals surface area contributed by atoms with Crippen molar-refractivity contribution in [3.05, 3.63) is 11.6 Å². The van der Waals surface area contributed by atoms with Crippen molar-refractivity contribution in [2.24, 2.45) is 40.9 Å². The van der Waals surface area contributed by atoms with E-state index in [2.05, 4.69) is 40.7 Å². The number of allylic oxidation sites excluding steroid dienone is 2. The Balaban J connectivity index is 1.92. The summed E-state index contributed by atoms with van der Waals surface area (Å²) in [6.45, 7) is 12.5. The van der Waals surface area contributed by atoms with Crippen LogP contribution < -0.4 is 0 Å². The summed E-state index contributed by atoms with van der Waals surface area (Å²) < 4.78 is 0. The molecule has 2 saturated carbocycles. The fourth-order valence-electron chi connectivity index (χ4n) is 6.09. The summed E-state index contributed by atoms with van der Waals surface area (Å²) in [7, 11) is 0. The molecule has 0 bridgehead atoms. The van der Waals surface area contributed by atoms with E-state index in [1.165, 1.54) is 38.5 Å². The van der Waals surface area contributed by atoms with Gasteiger partial charge >= 0.3 is 0 Å². The van der Waals surface area contributed by atoms with Gasteiger partial charge in [-0.05, 0) is 86.4 Å². The fraction of sp³-hybridized carbons (Fsp3) is 0.900. The Morgan fingerprint density at radius 3 is 2.65 bits per heavy atom. The van der Waals surface area contributed by atoms with E-state index < -0.39 is 0 Å². The van der Waals surface area contributed by atoms with Gasteiger partial charge in [0.05, 0.1) is 0 Å². The zero-order chi connectivity index (χ0) is 14.5. The zero-order valence-corrected chi connectivity index (χ0v) is 14.3. The quantitative estimate of drug-likeness (QED) is 0.508. The van der Waals surface area contributed by atoms with Crippen LogP contribution in [0.2, 0.25) is 0 Å². The number of rotatable bonds is 1. The van der Waals surface area contributed by atoms with Crippen LogP contribution in [0.5, 0.6) is 0 Å². The number of fused-ring (bicyclic) bond motifs is 2. The third-order valence-corrected chi connectivity index (χ3v) is 7.48. The van der Waals surface area contributed by atoms with Gasteiger partial charge in [-0.15, -0.1) is 0 Å². The van der Waals surface area contributed by atoms with Gasteiger partial charge in [0.25, 0.3) is 0 Å². The van der Waals surface area contributed by atoms with Crippen molar-refractivity contribution in [1.82, 2.24) is 0 Å². The topological polar surface area (TPSA) is 0 Å². The van der Waals surface area contributed by atoms with Crippen LogP contribution in [0.3, 0.4) is 0 Å². The highest BCUT2D eigenvalue weighted by Gasteiger charge is 2.49. The summed E-state index contributed by atoms with van der Waals surface area (Å²) in [5.74, 6) is 5.64. The van der Waals surface area contributed by atoms with Crippen LogP contribution in [0, 0.1) is 40.9 Å². The maximum Gasteiger partial charge on any atom is -0.0175 e. The SMILES string of the molecule is C/C1=C/C[C@H]2[C@@H](C(C)C)CC[C@]2(C)CC2[C@H](C)CC[C@H]12. The first-order valence-electron chi connectivity index (χ1n) is 9.09. The summed E-state index contributed by atoms with van der Waals surface area (Å²) in [5, 5.41) is 0. The smallest absolute Gasteiger partial charge is 0.0175 e. The molecule has 0 spiro atoms. The third kappa shape index (κ3) is 2.28. The lowest BCUT2D eigenvalue weighted by atomic mass is 9.64. The van der Waals surface area contributed by atoms with E-state index in [-0.39, 0.29) is 0 Å². The Kier molecular flexibility index (Phi) is 3.80. The Bertz CT molecular complexity index is 391. The van der Waals surface area contributed by atoms with Gasteiger partial charge in [-0.25, -0.2) is 0 Å². The van der Waals surface area contributed by atoms with Gasteiger partial charge in [-0.3, -0.25) is 0 Å². The molecule has 0 amide bonds. The lowest BCUT2D eigenvalue weighted by Gasteiger charge is -2.41. The van der Waals surface area contributed by atoms with Crippen LogP contribution in [0.4, 0.5) is 0 Å². The van der Waals surface area contributed by atoms with E-state index in [0.717, 1.165) is 35.5 Å². The maximum absolute atomic E-state index is 2.65. The molecule has 1 unspecified atom stereocenters. The van der Waals surface area contributed by atoms with Crippen LogP contribution in [-0.4, -0.2) is 0 Å². The molecule has 0 aromatic heterocycles. The normalized spacial score (nSPS) is 51.1. The minimum Gasteiger partial charge on any atom is -0.0850 e. The molecule has 0 aliphatic heterocycles. The lowest BCUT2D eigenvalue weighted by molar-refractivity contribution is 0.106. The second-order valence-electron chi connectivity index (χ2n) is 8.92. The first-order valence-corrected chi connectivity index (χ1v) is 9.09. The second-order valence-corrected chi connectivity index (χ2v) is 8.92. The molecule has 0 radical (unpaired) electrons. The van der Waals surface area contributed by atoms with Gasteiger partial charge in [-0.1, -0.05) is 39.3 Å². The Morgan fingerprint density at radius 1 is 1.20 bits per heavy atom. The molecular weight excluding hydrogens is 240 g/mol. The molecule has 0 saturated heterocycles. The first kappa shape index (κ1) is 14.7.